The van der Waals surface area contributed by atoms with Crippen LogP contribution in [0.4, 0.5) is 10.8 Å². The van der Waals surface area contributed by atoms with Crippen molar-refractivity contribution in [3.05, 3.63) is 24.0 Å². The summed E-state index contributed by atoms with van der Waals surface area (Å²) in [5.41, 5.74) is 1.00. The smallest absolute Gasteiger partial charge is 0.205 e. The van der Waals surface area contributed by atoms with E-state index in [9.17, 15) is 0 Å². The highest BCUT2D eigenvalue weighted by atomic mass is 32.1. The summed E-state index contributed by atoms with van der Waals surface area (Å²) in [5, 5.41) is 4.55. The summed E-state index contributed by atoms with van der Waals surface area (Å²) >= 11 is 1.43. The summed E-state index contributed by atoms with van der Waals surface area (Å²) in [6.07, 6.45) is 2.22. The second-order valence-electron chi connectivity index (χ2n) is 5.96. The van der Waals surface area contributed by atoms with Crippen molar-refractivity contribution in [3.63, 3.8) is 0 Å². The minimum Gasteiger partial charge on any atom is -0.497 e. The van der Waals surface area contributed by atoms with Crippen LogP contribution in [0, 0.1) is 0 Å². The fourth-order valence-corrected chi connectivity index (χ4v) is 3.66. The number of piperidine rings is 1. The van der Waals surface area contributed by atoms with Crippen molar-refractivity contribution in [2.75, 3.05) is 44.6 Å². The van der Waals surface area contributed by atoms with Gasteiger partial charge in [-0.3, -0.25) is 0 Å². The molecule has 0 amide bonds. The topological polar surface area (TPSA) is 68.7 Å². The number of anilines is 2. The molecule has 0 radical (unpaired) electrons. The van der Waals surface area contributed by atoms with E-state index in [1.54, 1.807) is 21.3 Å². The Hall–Kier alpha value is -2.06. The van der Waals surface area contributed by atoms with Gasteiger partial charge in [0.1, 0.15) is 18.1 Å². The van der Waals surface area contributed by atoms with E-state index in [2.05, 4.69) is 19.6 Å². The summed E-state index contributed by atoms with van der Waals surface area (Å²) in [7, 11) is 4.98. The van der Waals surface area contributed by atoms with Crippen molar-refractivity contribution in [2.45, 2.75) is 25.5 Å². The second kappa shape index (κ2) is 8.35. The molecular formula is C17H24N4O3S. The molecule has 0 bridgehead atoms. The van der Waals surface area contributed by atoms with E-state index in [1.165, 1.54) is 11.5 Å². The van der Waals surface area contributed by atoms with Gasteiger partial charge in [0.25, 0.3) is 0 Å². The number of rotatable bonds is 7. The number of methoxy groups -OCH3 is 3. The molecule has 8 heteroatoms. The fourth-order valence-electron chi connectivity index (χ4n) is 2.96. The number of aromatic nitrogens is 2. The molecule has 136 valence electrons. The lowest BCUT2D eigenvalue weighted by Crippen LogP contribution is -2.42. The number of benzene rings is 1. The molecule has 7 nitrogen and oxygen atoms in total. The zero-order chi connectivity index (χ0) is 17.6. The maximum atomic E-state index is 5.34. The van der Waals surface area contributed by atoms with Crippen LogP contribution in [0.1, 0.15) is 18.7 Å². The molecule has 1 atom stereocenters. The van der Waals surface area contributed by atoms with E-state index in [4.69, 9.17) is 14.2 Å². The first kappa shape index (κ1) is 17.8. The lowest BCUT2D eigenvalue weighted by Gasteiger charge is -2.33. The third kappa shape index (κ3) is 4.52. The predicted molar refractivity (Wildman–Crippen MR) is 99.0 cm³/mol. The maximum absolute atomic E-state index is 5.34. The molecule has 1 N–H and O–H groups in total. The molecule has 0 saturated carbocycles. The molecule has 0 aliphatic carbocycles. The molecule has 0 spiro atoms. The highest BCUT2D eigenvalue weighted by molar-refractivity contribution is 7.09. The lowest BCUT2D eigenvalue weighted by molar-refractivity contribution is 0.179. The zero-order valence-electron chi connectivity index (χ0n) is 14.8. The Kier molecular flexibility index (Phi) is 5.93. The first-order valence-electron chi connectivity index (χ1n) is 8.28. The molecule has 3 rings (SSSR count). The van der Waals surface area contributed by atoms with E-state index >= 15 is 0 Å². The van der Waals surface area contributed by atoms with Crippen LogP contribution in [-0.4, -0.2) is 49.8 Å². The molecule has 1 aliphatic heterocycles. The predicted octanol–water partition coefficient (Wildman–Crippen LogP) is 2.78. The molecule has 2 aromatic rings. The normalized spacial score (nSPS) is 17.4. The Morgan fingerprint density at radius 1 is 1.20 bits per heavy atom. The quantitative estimate of drug-likeness (QED) is 0.810. The van der Waals surface area contributed by atoms with Gasteiger partial charge in [-0.05, 0) is 12.8 Å². The van der Waals surface area contributed by atoms with Gasteiger partial charge >= 0.3 is 0 Å². The summed E-state index contributed by atoms with van der Waals surface area (Å²) in [4.78, 5) is 6.85. The van der Waals surface area contributed by atoms with Gasteiger partial charge in [0, 0.05) is 61.7 Å². The Morgan fingerprint density at radius 2 is 1.96 bits per heavy atom. The molecule has 1 unspecified atom stereocenters. The Labute approximate surface area is 152 Å². The van der Waals surface area contributed by atoms with Crippen molar-refractivity contribution in [2.24, 2.45) is 0 Å². The fraction of sp³-hybridized carbons (Fsp3) is 0.529. The Balaban J connectivity index is 1.67. The van der Waals surface area contributed by atoms with Gasteiger partial charge in [0.05, 0.1) is 14.2 Å². The first-order valence-corrected chi connectivity index (χ1v) is 9.05. The number of nitrogens with one attached hydrogen (secondary N) is 1. The second-order valence-corrected chi connectivity index (χ2v) is 6.69. The lowest BCUT2D eigenvalue weighted by atomic mass is 10.1. The average molecular weight is 364 g/mol. The molecule has 25 heavy (non-hydrogen) atoms. The highest BCUT2D eigenvalue weighted by Gasteiger charge is 2.23. The molecule has 1 aliphatic rings. The van der Waals surface area contributed by atoms with Gasteiger partial charge in [0.15, 0.2) is 5.82 Å². The van der Waals surface area contributed by atoms with Crippen LogP contribution in [-0.2, 0) is 11.3 Å². The third-order valence-corrected chi connectivity index (χ3v) is 4.96. The van der Waals surface area contributed by atoms with Crippen molar-refractivity contribution < 1.29 is 14.2 Å². The van der Waals surface area contributed by atoms with Crippen LogP contribution in [0.15, 0.2) is 18.2 Å². The third-order valence-electron chi connectivity index (χ3n) is 4.14. The van der Waals surface area contributed by atoms with Gasteiger partial charge in [0.2, 0.25) is 5.13 Å². The van der Waals surface area contributed by atoms with E-state index in [-0.39, 0.29) is 0 Å². The van der Waals surface area contributed by atoms with Crippen molar-refractivity contribution in [1.29, 1.82) is 0 Å². The van der Waals surface area contributed by atoms with Crippen molar-refractivity contribution in [1.82, 2.24) is 9.36 Å². The Bertz CT molecular complexity index is 672. The number of ether oxygens (including phenoxy) is 3. The van der Waals surface area contributed by atoms with Gasteiger partial charge in [-0.25, -0.2) is 4.98 Å². The first-order chi connectivity index (χ1) is 12.2. The standard InChI is InChI=1S/C17H24N4O3S/c1-22-11-16-19-17(25-20-16)21-6-4-5-12(10-21)18-13-7-14(23-2)9-15(8-13)24-3/h7-9,12,18H,4-6,10-11H2,1-3H3. The summed E-state index contributed by atoms with van der Waals surface area (Å²) in [6.45, 7) is 2.35. The van der Waals surface area contributed by atoms with Crippen LogP contribution in [0.25, 0.3) is 0 Å². The molecular weight excluding hydrogens is 340 g/mol. The maximum Gasteiger partial charge on any atom is 0.205 e. The molecule has 1 aromatic heterocycles. The number of hydrogen-bond acceptors (Lipinski definition) is 8. The molecule has 1 aromatic carbocycles. The van der Waals surface area contributed by atoms with Gasteiger partial charge < -0.3 is 24.4 Å². The van der Waals surface area contributed by atoms with E-state index in [0.717, 1.165) is 54.1 Å². The van der Waals surface area contributed by atoms with Crippen LogP contribution in [0.3, 0.4) is 0 Å². The van der Waals surface area contributed by atoms with Crippen LogP contribution < -0.4 is 19.7 Å². The molecule has 1 fully saturated rings. The van der Waals surface area contributed by atoms with Gasteiger partial charge in [-0.15, -0.1) is 0 Å². The van der Waals surface area contributed by atoms with Crippen LogP contribution >= 0.6 is 11.5 Å². The van der Waals surface area contributed by atoms with E-state index < -0.39 is 0 Å². The van der Waals surface area contributed by atoms with E-state index in [0.29, 0.717) is 12.6 Å². The number of hydrogen-bond donors (Lipinski definition) is 1. The average Bonchev–Trinajstić information content (AvgIpc) is 3.10. The summed E-state index contributed by atoms with van der Waals surface area (Å²) in [5.74, 6) is 2.31. The summed E-state index contributed by atoms with van der Waals surface area (Å²) < 4.78 is 20.1. The zero-order valence-corrected chi connectivity index (χ0v) is 15.6. The minimum atomic E-state index is 0.334. The largest absolute Gasteiger partial charge is 0.497 e. The van der Waals surface area contributed by atoms with Crippen molar-refractivity contribution >= 4 is 22.4 Å². The monoisotopic (exact) mass is 364 g/mol. The minimum absolute atomic E-state index is 0.334. The van der Waals surface area contributed by atoms with Crippen LogP contribution in [0.2, 0.25) is 0 Å². The van der Waals surface area contributed by atoms with Gasteiger partial charge in [-0.2, -0.15) is 4.37 Å². The molecule has 1 saturated heterocycles. The molecule has 2 heterocycles. The SMILES string of the molecule is COCc1nsc(N2CCCC(Nc3cc(OC)cc(OC)c3)C2)n1. The van der Waals surface area contributed by atoms with Crippen LogP contribution in [0.5, 0.6) is 11.5 Å². The van der Waals surface area contributed by atoms with Gasteiger partial charge in [-0.1, -0.05) is 0 Å². The van der Waals surface area contributed by atoms with Crippen molar-refractivity contribution in [3.8, 4) is 11.5 Å². The number of nitrogens with zero attached hydrogens (tertiary/aromatic N) is 3. The Morgan fingerprint density at radius 3 is 2.64 bits per heavy atom. The summed E-state index contributed by atoms with van der Waals surface area (Å²) in [6, 6.07) is 6.18. The highest BCUT2D eigenvalue weighted by Crippen LogP contribution is 2.28. The van der Waals surface area contributed by atoms with E-state index in [1.807, 2.05) is 18.2 Å².